The van der Waals surface area contributed by atoms with Crippen LogP contribution in [0.2, 0.25) is 13.1 Å². The summed E-state index contributed by atoms with van der Waals surface area (Å²) in [6, 6.07) is 9.72. The van der Waals surface area contributed by atoms with Gasteiger partial charge in [-0.3, -0.25) is 0 Å². The Morgan fingerprint density at radius 3 is 2.58 bits per heavy atom. The number of hydrogen-bond donors (Lipinski definition) is 1. The molecule has 1 aromatic heterocycles. The molecule has 2 nitrogen and oxygen atoms in total. The van der Waals surface area contributed by atoms with Crippen LogP contribution in [0.1, 0.15) is 0 Å². The van der Waals surface area contributed by atoms with Gasteiger partial charge in [-0.2, -0.15) is 0 Å². The van der Waals surface area contributed by atoms with Crippen LogP contribution in [0.3, 0.4) is 0 Å². The fourth-order valence-corrected chi connectivity index (χ4v) is 12.5. The zero-order valence-electron chi connectivity index (χ0n) is 14.0. The van der Waals surface area contributed by atoms with Gasteiger partial charge < -0.3 is 0 Å². The van der Waals surface area contributed by atoms with Crippen molar-refractivity contribution in [2.24, 2.45) is 4.99 Å². The van der Waals surface area contributed by atoms with E-state index in [0.29, 0.717) is 5.75 Å². The summed E-state index contributed by atoms with van der Waals surface area (Å²) in [6.45, 7) is 9.02. The van der Waals surface area contributed by atoms with E-state index in [1.807, 2.05) is 12.1 Å². The number of fused-ring (bicyclic) bond motifs is 2. The first kappa shape index (κ1) is 19.1. The molecule has 1 N–H and O–H groups in total. The van der Waals surface area contributed by atoms with Gasteiger partial charge in [-0.15, -0.1) is 0 Å². The van der Waals surface area contributed by atoms with Crippen LogP contribution in [0.25, 0.3) is 16.6 Å². The first-order valence-electron chi connectivity index (χ1n) is 7.90. The van der Waals surface area contributed by atoms with Crippen molar-refractivity contribution in [2.75, 3.05) is 0 Å². The van der Waals surface area contributed by atoms with E-state index >= 15 is 0 Å². The maximum atomic E-state index is 10.1. The summed E-state index contributed by atoms with van der Waals surface area (Å²) < 4.78 is 4.99. The first-order chi connectivity index (χ1) is 12.2. The molecule has 0 unspecified atom stereocenters. The van der Waals surface area contributed by atoms with Crippen LogP contribution in [0.4, 0.5) is 5.69 Å². The Kier molecular flexibility index (Phi) is 4.94. The number of hydrogen-bond acceptors (Lipinski definition) is 2. The van der Waals surface area contributed by atoms with Crippen LogP contribution in [0.5, 0.6) is 5.75 Å². The standard InChI is InChI=1S/C19H14Br2INOSeSi/c1-9-4-6-12-18(14(9)17-15(20)16(22)19(21)25-17)26(2,3)13-8-10(24)5-7-11(13)23-12/h4-8,24H,1H2,2-3H3. The molecule has 26 heavy (non-hydrogen) atoms. The van der Waals surface area contributed by atoms with Gasteiger partial charge in [-0.05, 0) is 0 Å². The number of phenolic OH excluding ortho intramolecular Hbond substituents is 1. The van der Waals surface area contributed by atoms with Gasteiger partial charge in [0.2, 0.25) is 0 Å². The van der Waals surface area contributed by atoms with E-state index in [1.165, 1.54) is 27.3 Å². The third-order valence-corrected chi connectivity index (χ3v) is 16.4. The molecule has 7 heteroatoms. The first-order valence-corrected chi connectivity index (χ1v) is 15.3. The molecule has 0 saturated heterocycles. The summed E-state index contributed by atoms with van der Waals surface area (Å²) in [5.41, 5.74) is 2.22. The minimum atomic E-state index is -2.06. The summed E-state index contributed by atoms with van der Waals surface area (Å²) in [5, 5.41) is 14.6. The Morgan fingerprint density at radius 2 is 1.92 bits per heavy atom. The van der Waals surface area contributed by atoms with Crippen molar-refractivity contribution >= 4 is 99.7 Å². The molecule has 0 spiro atoms. The fraction of sp³-hybridized carbons (Fsp3) is 0.105. The van der Waals surface area contributed by atoms with Crippen molar-refractivity contribution in [1.82, 2.24) is 0 Å². The number of nitrogens with zero attached hydrogens (tertiary/aromatic N) is 1. The van der Waals surface area contributed by atoms with Crippen molar-refractivity contribution in [3.05, 3.63) is 52.3 Å². The molecule has 4 rings (SSSR count). The zero-order chi connectivity index (χ0) is 18.8. The van der Waals surface area contributed by atoms with E-state index in [0.717, 1.165) is 20.7 Å². The van der Waals surface area contributed by atoms with E-state index in [4.69, 9.17) is 4.99 Å². The Morgan fingerprint density at radius 1 is 1.19 bits per heavy atom. The Bertz CT molecular complexity index is 1190. The van der Waals surface area contributed by atoms with Crippen molar-refractivity contribution in [3.8, 4) is 15.8 Å². The molecular formula is C19H14Br2INOSeSi. The average Bonchev–Trinajstić information content (AvgIpc) is 2.84. The van der Waals surface area contributed by atoms with Gasteiger partial charge in [-0.1, -0.05) is 0 Å². The molecule has 0 fully saturated rings. The topological polar surface area (TPSA) is 32.6 Å². The molecule has 0 aliphatic carbocycles. The van der Waals surface area contributed by atoms with Crippen LogP contribution in [0.15, 0.2) is 43.1 Å². The van der Waals surface area contributed by atoms with E-state index in [9.17, 15) is 5.11 Å². The summed E-state index contributed by atoms with van der Waals surface area (Å²) >= 11 is 10.1. The quantitative estimate of drug-likeness (QED) is 0.312. The molecule has 1 aliphatic rings. The van der Waals surface area contributed by atoms with Crippen molar-refractivity contribution < 1.29 is 5.11 Å². The maximum absolute atomic E-state index is 10.1. The summed E-state index contributed by atoms with van der Waals surface area (Å²) in [4.78, 5) is 4.92. The number of benzene rings is 2. The van der Waals surface area contributed by atoms with Gasteiger partial charge in [0.05, 0.1) is 0 Å². The predicted molar refractivity (Wildman–Crippen MR) is 128 cm³/mol. The molecule has 2 aromatic carbocycles. The number of aromatic hydroxyl groups is 1. The van der Waals surface area contributed by atoms with Gasteiger partial charge >= 0.3 is 191 Å². The SMILES string of the molecule is C=c1ccc2c(c1-c1[se]c(Br)c(I)c1Br)[Si](C)(C)c1cc(O)ccc1N=2. The molecule has 0 bridgehead atoms. The van der Waals surface area contributed by atoms with E-state index in [1.54, 1.807) is 6.07 Å². The van der Waals surface area contributed by atoms with Crippen LogP contribution in [-0.2, 0) is 0 Å². The number of phenols is 1. The summed E-state index contributed by atoms with van der Waals surface area (Å²) in [5.74, 6) is 0.305. The molecule has 1 aliphatic heterocycles. The van der Waals surface area contributed by atoms with Crippen LogP contribution >= 0.6 is 54.5 Å². The second-order valence-electron chi connectivity index (χ2n) is 6.76. The van der Waals surface area contributed by atoms with Gasteiger partial charge in [0.25, 0.3) is 0 Å². The van der Waals surface area contributed by atoms with Gasteiger partial charge in [0.15, 0.2) is 0 Å². The summed E-state index contributed by atoms with van der Waals surface area (Å²) in [6.07, 6.45) is 0. The van der Waals surface area contributed by atoms with Crippen LogP contribution in [-0.4, -0.2) is 27.7 Å². The Balaban J connectivity index is 2.15. The monoisotopic (exact) mass is 665 g/mol. The summed E-state index contributed by atoms with van der Waals surface area (Å²) in [7, 11) is -2.06. The van der Waals surface area contributed by atoms with Gasteiger partial charge in [0, 0.05) is 0 Å². The second-order valence-corrected chi connectivity index (χ2v) is 17.0. The van der Waals surface area contributed by atoms with Gasteiger partial charge in [-0.25, -0.2) is 0 Å². The number of rotatable bonds is 1. The molecule has 132 valence electrons. The molecular weight excluding hydrogens is 652 g/mol. The molecule has 0 atom stereocenters. The molecule has 0 radical (unpaired) electrons. The molecule has 2 heterocycles. The van der Waals surface area contributed by atoms with E-state index < -0.39 is 8.07 Å². The van der Waals surface area contributed by atoms with Crippen molar-refractivity contribution in [2.45, 2.75) is 13.1 Å². The molecule has 3 aromatic rings. The third-order valence-electron chi connectivity index (χ3n) is 4.77. The average molecular weight is 666 g/mol. The van der Waals surface area contributed by atoms with E-state index in [-0.39, 0.29) is 14.5 Å². The Hall–Kier alpha value is -0.184. The predicted octanol–water partition coefficient (Wildman–Crippen LogP) is 3.74. The fourth-order valence-electron chi connectivity index (χ4n) is 3.53. The van der Waals surface area contributed by atoms with Crippen LogP contribution in [0, 0.1) is 3.57 Å². The van der Waals surface area contributed by atoms with Crippen molar-refractivity contribution in [1.29, 1.82) is 0 Å². The molecule has 0 amide bonds. The van der Waals surface area contributed by atoms with Gasteiger partial charge in [0.1, 0.15) is 0 Å². The third kappa shape index (κ3) is 2.86. The number of halogens is 3. The minimum absolute atomic E-state index is 0.209. The normalized spacial score (nSPS) is 14.5. The Labute approximate surface area is 189 Å². The van der Waals surface area contributed by atoms with Crippen molar-refractivity contribution in [3.63, 3.8) is 0 Å². The second kappa shape index (κ2) is 6.71. The van der Waals surface area contributed by atoms with E-state index in [2.05, 4.69) is 86.3 Å². The van der Waals surface area contributed by atoms with Crippen LogP contribution < -0.4 is 20.9 Å². The zero-order valence-corrected chi connectivity index (χ0v) is 22.1. The molecule has 0 saturated carbocycles.